The molecule has 0 saturated heterocycles. The molecule has 0 aliphatic heterocycles. The molecule has 0 aliphatic rings. The van der Waals surface area contributed by atoms with Crippen molar-refractivity contribution in [2.75, 3.05) is 4.72 Å². The number of thiol groups is 1. The van der Waals surface area contributed by atoms with Crippen molar-refractivity contribution in [2.45, 2.75) is 0 Å². The summed E-state index contributed by atoms with van der Waals surface area (Å²) in [6, 6.07) is 3.63. The lowest BCUT2D eigenvalue weighted by atomic mass is 10.3. The van der Waals surface area contributed by atoms with Crippen LogP contribution in [0.4, 0.5) is 5.69 Å². The lowest BCUT2D eigenvalue weighted by Gasteiger charge is -1.95. The molecule has 0 spiro atoms. The molecular formula is C6H5N3S. The van der Waals surface area contributed by atoms with Crippen LogP contribution >= 0.6 is 12.8 Å². The molecule has 0 amide bonds. The molecule has 1 rings (SSSR count). The van der Waals surface area contributed by atoms with Crippen molar-refractivity contribution in [1.29, 1.82) is 5.26 Å². The van der Waals surface area contributed by atoms with E-state index in [-0.39, 0.29) is 0 Å². The third-order valence-electron chi connectivity index (χ3n) is 0.996. The highest BCUT2D eigenvalue weighted by Gasteiger charge is 1.90. The fourth-order valence-electron chi connectivity index (χ4n) is 0.562. The molecule has 1 N–H and O–H groups in total. The van der Waals surface area contributed by atoms with Crippen molar-refractivity contribution < 1.29 is 0 Å². The van der Waals surface area contributed by atoms with Gasteiger partial charge in [-0.2, -0.15) is 5.26 Å². The molecule has 0 radical (unpaired) electrons. The van der Waals surface area contributed by atoms with Crippen molar-refractivity contribution in [1.82, 2.24) is 4.98 Å². The smallest absolute Gasteiger partial charge is 0.101 e. The highest BCUT2D eigenvalue weighted by molar-refractivity contribution is 7.81. The zero-order chi connectivity index (χ0) is 7.40. The van der Waals surface area contributed by atoms with E-state index in [4.69, 9.17) is 5.26 Å². The van der Waals surface area contributed by atoms with Crippen molar-refractivity contribution in [3.8, 4) is 6.07 Å². The van der Waals surface area contributed by atoms with Gasteiger partial charge in [-0.05, 0) is 6.07 Å². The number of hydrogen-bond acceptors (Lipinski definition) is 4. The van der Waals surface area contributed by atoms with Gasteiger partial charge in [-0.15, -0.1) is 0 Å². The van der Waals surface area contributed by atoms with Gasteiger partial charge in [0.2, 0.25) is 0 Å². The molecule has 1 heterocycles. The number of hydrogen-bond donors (Lipinski definition) is 2. The van der Waals surface area contributed by atoms with Gasteiger partial charge in [-0.25, -0.2) is 0 Å². The largest absolute Gasteiger partial charge is 0.331 e. The minimum absolute atomic E-state index is 0.527. The van der Waals surface area contributed by atoms with Crippen LogP contribution in [-0.2, 0) is 0 Å². The average molecular weight is 151 g/mol. The maximum atomic E-state index is 8.41. The van der Waals surface area contributed by atoms with Gasteiger partial charge in [0.05, 0.1) is 17.4 Å². The Labute approximate surface area is 64.2 Å². The molecule has 0 unspecified atom stereocenters. The molecule has 0 atom stereocenters. The average Bonchev–Trinajstić information content (AvgIpc) is 2.05. The zero-order valence-electron chi connectivity index (χ0n) is 5.07. The van der Waals surface area contributed by atoms with Gasteiger partial charge >= 0.3 is 0 Å². The summed E-state index contributed by atoms with van der Waals surface area (Å²) in [7, 11) is 0. The Morgan fingerprint density at radius 3 is 3.00 bits per heavy atom. The Morgan fingerprint density at radius 2 is 2.40 bits per heavy atom. The van der Waals surface area contributed by atoms with E-state index in [1.54, 1.807) is 12.3 Å². The van der Waals surface area contributed by atoms with Crippen LogP contribution < -0.4 is 4.72 Å². The van der Waals surface area contributed by atoms with Gasteiger partial charge in [0, 0.05) is 6.20 Å². The van der Waals surface area contributed by atoms with E-state index in [9.17, 15) is 0 Å². The van der Waals surface area contributed by atoms with Gasteiger partial charge in [0.25, 0.3) is 0 Å². The van der Waals surface area contributed by atoms with Crippen LogP contribution in [0, 0.1) is 11.3 Å². The third-order valence-corrected chi connectivity index (χ3v) is 1.25. The summed E-state index contributed by atoms with van der Waals surface area (Å²) >= 11 is 3.80. The quantitative estimate of drug-likeness (QED) is 0.593. The number of aromatic nitrogens is 1. The van der Waals surface area contributed by atoms with Gasteiger partial charge in [0.15, 0.2) is 0 Å². The summed E-state index contributed by atoms with van der Waals surface area (Å²) in [6.45, 7) is 0. The van der Waals surface area contributed by atoms with Gasteiger partial charge < -0.3 is 4.72 Å². The molecular weight excluding hydrogens is 146 g/mol. The van der Waals surface area contributed by atoms with Gasteiger partial charge in [-0.3, -0.25) is 4.98 Å². The summed E-state index contributed by atoms with van der Waals surface area (Å²) in [5, 5.41) is 8.41. The van der Waals surface area contributed by atoms with E-state index in [1.807, 2.05) is 6.07 Å². The Hall–Kier alpha value is -1.21. The molecule has 10 heavy (non-hydrogen) atoms. The first-order valence-corrected chi connectivity index (χ1v) is 3.07. The summed E-state index contributed by atoms with van der Waals surface area (Å²) in [6.07, 6.45) is 3.09. The van der Waals surface area contributed by atoms with Crippen LogP contribution in [0.1, 0.15) is 5.56 Å². The Morgan fingerprint density at radius 1 is 1.60 bits per heavy atom. The molecule has 4 heteroatoms. The second kappa shape index (κ2) is 3.08. The van der Waals surface area contributed by atoms with Crippen molar-refractivity contribution in [3.63, 3.8) is 0 Å². The first-order chi connectivity index (χ1) is 4.86. The lowest BCUT2D eigenvalue weighted by Crippen LogP contribution is -1.83. The molecule has 3 nitrogen and oxygen atoms in total. The van der Waals surface area contributed by atoms with Gasteiger partial charge in [-0.1, -0.05) is 12.8 Å². The fraction of sp³-hybridized carbons (Fsp3) is 0. The normalized spacial score (nSPS) is 8.40. The number of rotatable bonds is 1. The molecule has 0 fully saturated rings. The Balaban J connectivity index is 3.01. The highest BCUT2D eigenvalue weighted by Crippen LogP contribution is 2.06. The maximum absolute atomic E-state index is 8.41. The van der Waals surface area contributed by atoms with Crippen molar-refractivity contribution >= 4 is 18.5 Å². The van der Waals surface area contributed by atoms with E-state index >= 15 is 0 Å². The maximum Gasteiger partial charge on any atom is 0.101 e. The number of nitrogens with one attached hydrogen (secondary N) is 1. The van der Waals surface area contributed by atoms with Crippen LogP contribution in [0.3, 0.4) is 0 Å². The molecule has 0 saturated carbocycles. The summed E-state index contributed by atoms with van der Waals surface area (Å²) in [5.41, 5.74) is 1.25. The zero-order valence-corrected chi connectivity index (χ0v) is 5.97. The van der Waals surface area contributed by atoms with Gasteiger partial charge in [0.1, 0.15) is 6.07 Å². The standard InChI is InChI=1S/C6H5N3S/c7-2-5-1-6(9-10)4-8-3-5/h1,3-4,9-10H. The summed E-state index contributed by atoms with van der Waals surface area (Å²) < 4.78 is 2.58. The second-order valence-corrected chi connectivity index (χ2v) is 1.91. The van der Waals surface area contributed by atoms with E-state index in [2.05, 4.69) is 22.5 Å². The molecule has 50 valence electrons. The van der Waals surface area contributed by atoms with Crippen LogP contribution in [-0.4, -0.2) is 4.98 Å². The fourth-order valence-corrected chi connectivity index (χ4v) is 0.685. The number of pyridine rings is 1. The van der Waals surface area contributed by atoms with Crippen molar-refractivity contribution in [3.05, 3.63) is 24.0 Å². The number of anilines is 1. The molecule has 0 bridgehead atoms. The van der Waals surface area contributed by atoms with Crippen LogP contribution in [0.25, 0.3) is 0 Å². The van der Waals surface area contributed by atoms with E-state index in [1.165, 1.54) is 6.20 Å². The third kappa shape index (κ3) is 1.39. The highest BCUT2D eigenvalue weighted by atomic mass is 32.1. The first-order valence-electron chi connectivity index (χ1n) is 2.62. The predicted molar refractivity (Wildman–Crippen MR) is 41.6 cm³/mol. The summed E-state index contributed by atoms with van der Waals surface area (Å²) in [4.78, 5) is 3.79. The Bertz CT molecular complexity index is 266. The monoisotopic (exact) mass is 151 g/mol. The van der Waals surface area contributed by atoms with Crippen LogP contribution in [0.15, 0.2) is 18.5 Å². The predicted octanol–water partition coefficient (Wildman–Crippen LogP) is 1.21. The minimum Gasteiger partial charge on any atom is -0.331 e. The molecule has 1 aromatic heterocycles. The van der Waals surface area contributed by atoms with E-state index in [0.717, 1.165) is 5.69 Å². The molecule has 1 aromatic rings. The van der Waals surface area contributed by atoms with E-state index < -0.39 is 0 Å². The number of nitriles is 1. The van der Waals surface area contributed by atoms with E-state index in [0.29, 0.717) is 5.56 Å². The second-order valence-electron chi connectivity index (χ2n) is 1.69. The minimum atomic E-state index is 0.527. The first kappa shape index (κ1) is 6.90. The molecule has 0 aliphatic carbocycles. The van der Waals surface area contributed by atoms with Crippen LogP contribution in [0.2, 0.25) is 0 Å². The Kier molecular flexibility index (Phi) is 2.13. The SMILES string of the molecule is N#Cc1cncc(NS)c1. The van der Waals surface area contributed by atoms with Crippen LogP contribution in [0.5, 0.6) is 0 Å². The van der Waals surface area contributed by atoms with Crippen molar-refractivity contribution in [2.24, 2.45) is 0 Å². The topological polar surface area (TPSA) is 48.7 Å². The lowest BCUT2D eigenvalue weighted by molar-refractivity contribution is 1.31. The number of nitrogens with zero attached hydrogens (tertiary/aromatic N) is 2. The molecule has 0 aromatic carbocycles. The summed E-state index contributed by atoms with van der Waals surface area (Å²) in [5.74, 6) is 0.